The van der Waals surface area contributed by atoms with Crippen LogP contribution >= 0.6 is 0 Å². The molecule has 0 N–H and O–H groups in total. The average Bonchev–Trinajstić information content (AvgIpc) is 2.61. The van der Waals surface area contributed by atoms with Crippen molar-refractivity contribution in [1.29, 1.82) is 0 Å². The normalized spacial score (nSPS) is 11.8. The standard InChI is InChI=1S/C10H12N2O2/c1-4-7-14-10-5-6-12(11-10)8(2)9(3)13/h1,5-6,8H,7H2,2-3H3. The third-order valence-electron chi connectivity index (χ3n) is 1.87. The maximum absolute atomic E-state index is 11.0. The van der Waals surface area contributed by atoms with Gasteiger partial charge in [-0.15, -0.1) is 11.5 Å². The fraction of sp³-hybridized carbons (Fsp3) is 0.400. The summed E-state index contributed by atoms with van der Waals surface area (Å²) in [6, 6.07) is 1.41. The van der Waals surface area contributed by atoms with Gasteiger partial charge in [-0.25, -0.2) is 0 Å². The molecule has 74 valence electrons. The highest BCUT2D eigenvalue weighted by molar-refractivity contribution is 5.79. The molecule has 0 saturated heterocycles. The quantitative estimate of drug-likeness (QED) is 0.669. The van der Waals surface area contributed by atoms with E-state index >= 15 is 0 Å². The van der Waals surface area contributed by atoms with E-state index in [0.717, 1.165) is 0 Å². The van der Waals surface area contributed by atoms with E-state index in [9.17, 15) is 4.79 Å². The number of rotatable bonds is 4. The number of Topliss-reactive ketones (excluding diaryl/α,β-unsaturated/α-hetero) is 1. The monoisotopic (exact) mass is 192 g/mol. The first-order valence-electron chi connectivity index (χ1n) is 4.27. The molecule has 0 aromatic carbocycles. The number of ketones is 1. The van der Waals surface area contributed by atoms with Crippen LogP contribution in [0.15, 0.2) is 12.3 Å². The lowest BCUT2D eigenvalue weighted by Gasteiger charge is -2.06. The Morgan fingerprint density at radius 1 is 1.86 bits per heavy atom. The van der Waals surface area contributed by atoms with E-state index in [1.807, 2.05) is 0 Å². The van der Waals surface area contributed by atoms with Crippen molar-refractivity contribution in [3.8, 4) is 18.2 Å². The third kappa shape index (κ3) is 2.36. The summed E-state index contributed by atoms with van der Waals surface area (Å²) in [4.78, 5) is 11.0. The largest absolute Gasteiger partial charge is 0.463 e. The topological polar surface area (TPSA) is 44.1 Å². The molecule has 1 heterocycles. The van der Waals surface area contributed by atoms with Crippen LogP contribution in [-0.2, 0) is 4.79 Å². The molecule has 14 heavy (non-hydrogen) atoms. The summed E-state index contributed by atoms with van der Waals surface area (Å²) in [5.74, 6) is 2.83. The van der Waals surface area contributed by atoms with Crippen molar-refractivity contribution in [3.05, 3.63) is 12.3 Å². The number of hydrogen-bond donors (Lipinski definition) is 0. The van der Waals surface area contributed by atoms with Gasteiger partial charge in [0.2, 0.25) is 5.88 Å². The Morgan fingerprint density at radius 3 is 3.14 bits per heavy atom. The molecule has 0 aliphatic heterocycles. The van der Waals surface area contributed by atoms with Gasteiger partial charge in [0.1, 0.15) is 6.04 Å². The molecule has 0 aliphatic carbocycles. The molecular weight excluding hydrogens is 180 g/mol. The summed E-state index contributed by atoms with van der Waals surface area (Å²) in [6.07, 6.45) is 6.72. The van der Waals surface area contributed by atoms with Gasteiger partial charge in [-0.3, -0.25) is 9.48 Å². The minimum Gasteiger partial charge on any atom is -0.463 e. The van der Waals surface area contributed by atoms with E-state index in [0.29, 0.717) is 5.88 Å². The summed E-state index contributed by atoms with van der Waals surface area (Å²) in [7, 11) is 0. The molecule has 0 aliphatic rings. The number of nitrogens with zero attached hydrogens (tertiary/aromatic N) is 2. The molecular formula is C10H12N2O2. The van der Waals surface area contributed by atoms with Crippen LogP contribution in [-0.4, -0.2) is 22.2 Å². The minimum atomic E-state index is -0.266. The van der Waals surface area contributed by atoms with Crippen LogP contribution < -0.4 is 4.74 Å². The van der Waals surface area contributed by atoms with E-state index in [-0.39, 0.29) is 18.4 Å². The SMILES string of the molecule is C#CCOc1ccn(C(C)C(C)=O)n1. The number of ether oxygens (including phenoxy) is 1. The predicted octanol–water partition coefficient (Wildman–Crippen LogP) is 1.05. The molecule has 0 bridgehead atoms. The summed E-state index contributed by atoms with van der Waals surface area (Å²) in [5.41, 5.74) is 0. The van der Waals surface area contributed by atoms with Crippen molar-refractivity contribution in [2.24, 2.45) is 0 Å². The smallest absolute Gasteiger partial charge is 0.233 e. The van der Waals surface area contributed by atoms with E-state index in [1.54, 1.807) is 23.9 Å². The molecule has 1 unspecified atom stereocenters. The Morgan fingerprint density at radius 2 is 2.57 bits per heavy atom. The van der Waals surface area contributed by atoms with E-state index in [2.05, 4.69) is 11.0 Å². The Hall–Kier alpha value is -1.76. The number of hydrogen-bond acceptors (Lipinski definition) is 3. The second-order valence-electron chi connectivity index (χ2n) is 2.91. The van der Waals surface area contributed by atoms with Crippen LogP contribution in [0.1, 0.15) is 19.9 Å². The van der Waals surface area contributed by atoms with Crippen LogP contribution in [0, 0.1) is 12.3 Å². The lowest BCUT2D eigenvalue weighted by molar-refractivity contribution is -0.119. The van der Waals surface area contributed by atoms with Crippen molar-refractivity contribution in [3.63, 3.8) is 0 Å². The Labute approximate surface area is 82.9 Å². The molecule has 4 heteroatoms. The van der Waals surface area contributed by atoms with Crippen LogP contribution in [0.2, 0.25) is 0 Å². The number of carbonyl (C=O) groups is 1. The first kappa shape index (κ1) is 10.3. The van der Waals surface area contributed by atoms with Crippen LogP contribution in [0.5, 0.6) is 5.88 Å². The van der Waals surface area contributed by atoms with Crippen LogP contribution in [0.25, 0.3) is 0 Å². The third-order valence-corrected chi connectivity index (χ3v) is 1.87. The lowest BCUT2D eigenvalue weighted by Crippen LogP contribution is -2.13. The van der Waals surface area contributed by atoms with Crippen LogP contribution in [0.3, 0.4) is 0 Å². The average molecular weight is 192 g/mol. The molecule has 1 aromatic heterocycles. The molecule has 0 spiro atoms. The first-order valence-corrected chi connectivity index (χ1v) is 4.27. The second kappa shape index (κ2) is 4.47. The van der Waals surface area contributed by atoms with Crippen molar-refractivity contribution in [2.75, 3.05) is 6.61 Å². The highest BCUT2D eigenvalue weighted by Gasteiger charge is 2.11. The van der Waals surface area contributed by atoms with E-state index < -0.39 is 0 Å². The van der Waals surface area contributed by atoms with Crippen LogP contribution in [0.4, 0.5) is 0 Å². The summed E-state index contributed by atoms with van der Waals surface area (Å²) < 4.78 is 6.64. The van der Waals surface area contributed by atoms with Crippen molar-refractivity contribution in [1.82, 2.24) is 9.78 Å². The van der Waals surface area contributed by atoms with Gasteiger partial charge in [0.15, 0.2) is 12.4 Å². The molecule has 1 atom stereocenters. The van der Waals surface area contributed by atoms with Gasteiger partial charge in [-0.1, -0.05) is 5.92 Å². The number of aromatic nitrogens is 2. The summed E-state index contributed by atoms with van der Waals surface area (Å²) >= 11 is 0. The summed E-state index contributed by atoms with van der Waals surface area (Å²) in [5, 5.41) is 4.05. The van der Waals surface area contributed by atoms with E-state index in [1.165, 1.54) is 6.92 Å². The molecule has 0 saturated carbocycles. The maximum atomic E-state index is 11.0. The fourth-order valence-corrected chi connectivity index (χ4v) is 0.915. The Balaban J connectivity index is 2.68. The van der Waals surface area contributed by atoms with Gasteiger partial charge in [-0.05, 0) is 13.8 Å². The Kier molecular flexibility index (Phi) is 3.29. The number of carbonyl (C=O) groups excluding carboxylic acids is 1. The lowest BCUT2D eigenvalue weighted by atomic mass is 10.2. The van der Waals surface area contributed by atoms with E-state index in [4.69, 9.17) is 11.2 Å². The Bertz CT molecular complexity index is 362. The predicted molar refractivity (Wildman–Crippen MR) is 51.9 cm³/mol. The molecule has 4 nitrogen and oxygen atoms in total. The zero-order valence-corrected chi connectivity index (χ0v) is 8.23. The van der Waals surface area contributed by atoms with Gasteiger partial charge in [0.25, 0.3) is 0 Å². The van der Waals surface area contributed by atoms with Gasteiger partial charge in [-0.2, -0.15) is 0 Å². The molecule has 1 rings (SSSR count). The zero-order valence-electron chi connectivity index (χ0n) is 8.23. The van der Waals surface area contributed by atoms with Gasteiger partial charge in [0.05, 0.1) is 0 Å². The molecule has 1 aromatic rings. The molecule has 0 fully saturated rings. The van der Waals surface area contributed by atoms with Crippen molar-refractivity contribution >= 4 is 5.78 Å². The van der Waals surface area contributed by atoms with Gasteiger partial charge in [0, 0.05) is 12.3 Å². The minimum absolute atomic E-state index is 0.0524. The van der Waals surface area contributed by atoms with Gasteiger partial charge < -0.3 is 4.74 Å². The fourth-order valence-electron chi connectivity index (χ4n) is 0.915. The highest BCUT2D eigenvalue weighted by Crippen LogP contribution is 2.11. The summed E-state index contributed by atoms with van der Waals surface area (Å²) in [6.45, 7) is 3.49. The van der Waals surface area contributed by atoms with Crippen molar-refractivity contribution in [2.45, 2.75) is 19.9 Å². The zero-order chi connectivity index (χ0) is 10.6. The maximum Gasteiger partial charge on any atom is 0.233 e. The number of terminal acetylenes is 1. The van der Waals surface area contributed by atoms with Crippen molar-refractivity contribution < 1.29 is 9.53 Å². The van der Waals surface area contributed by atoms with Gasteiger partial charge >= 0.3 is 0 Å². The first-order chi connectivity index (χ1) is 6.65. The molecule has 0 radical (unpaired) electrons. The second-order valence-corrected chi connectivity index (χ2v) is 2.91. The highest BCUT2D eigenvalue weighted by atomic mass is 16.5. The molecule has 0 amide bonds.